The lowest BCUT2D eigenvalue weighted by Gasteiger charge is -2.25. The number of amides is 2. The maximum absolute atomic E-state index is 13.3. The lowest BCUT2D eigenvalue weighted by Crippen LogP contribution is -2.45. The van der Waals surface area contributed by atoms with E-state index in [0.29, 0.717) is 18.7 Å². The summed E-state index contributed by atoms with van der Waals surface area (Å²) in [4.78, 5) is 33.9. The summed E-state index contributed by atoms with van der Waals surface area (Å²) in [5.74, 6) is -0.516. The van der Waals surface area contributed by atoms with Crippen molar-refractivity contribution in [2.45, 2.75) is 45.1 Å². The van der Waals surface area contributed by atoms with Gasteiger partial charge in [-0.05, 0) is 63.3 Å². The SMILES string of the molecule is Cc1cc2cc(NC(=N[C@H]3CCCCN(CC(=O)N4CCCC4)C3=O)C(C#N)C#N)ccc2o1. The molecule has 2 saturated heterocycles. The highest BCUT2D eigenvalue weighted by atomic mass is 16.3. The van der Waals surface area contributed by atoms with Crippen molar-refractivity contribution in [3.8, 4) is 12.1 Å². The lowest BCUT2D eigenvalue weighted by molar-refractivity contribution is -0.140. The zero-order chi connectivity index (χ0) is 24.1. The van der Waals surface area contributed by atoms with Crippen molar-refractivity contribution in [1.29, 1.82) is 10.5 Å². The number of nitrogens with one attached hydrogen (secondary N) is 1. The Balaban J connectivity index is 1.57. The molecule has 2 aliphatic rings. The van der Waals surface area contributed by atoms with Crippen molar-refractivity contribution in [3.05, 3.63) is 30.0 Å². The van der Waals surface area contributed by atoms with E-state index in [1.54, 1.807) is 21.9 Å². The Bertz CT molecular complexity index is 1170. The first kappa shape index (κ1) is 23.3. The molecule has 1 aromatic heterocycles. The van der Waals surface area contributed by atoms with Gasteiger partial charge in [-0.1, -0.05) is 0 Å². The standard InChI is InChI=1S/C25H28N6O3/c1-17-12-18-13-20(7-8-22(18)34-17)28-24(19(14-26)15-27)29-21-6-2-3-11-31(25(21)33)16-23(32)30-9-4-5-10-30/h7-8,12-13,19,21H,2-6,9-11,16H2,1H3,(H,28,29)/t21-/m0/s1. The Morgan fingerprint density at radius 1 is 1.18 bits per heavy atom. The van der Waals surface area contributed by atoms with Gasteiger partial charge in [-0.3, -0.25) is 14.6 Å². The number of carbonyl (C=O) groups excluding carboxylic acids is 2. The second-order valence-electron chi connectivity index (χ2n) is 8.80. The molecule has 0 saturated carbocycles. The Hall–Kier alpha value is -3.85. The van der Waals surface area contributed by atoms with Crippen LogP contribution in [-0.4, -0.2) is 59.7 Å². The Labute approximate surface area is 198 Å². The smallest absolute Gasteiger partial charge is 0.247 e. The van der Waals surface area contributed by atoms with Gasteiger partial charge < -0.3 is 19.5 Å². The number of benzene rings is 1. The van der Waals surface area contributed by atoms with Crippen LogP contribution in [0.15, 0.2) is 33.7 Å². The van der Waals surface area contributed by atoms with Gasteiger partial charge in [0, 0.05) is 30.7 Å². The van der Waals surface area contributed by atoms with Crippen molar-refractivity contribution in [2.75, 3.05) is 31.5 Å². The average Bonchev–Trinajstić information content (AvgIpc) is 3.45. The van der Waals surface area contributed by atoms with E-state index in [1.807, 2.05) is 31.2 Å². The molecule has 2 aliphatic heterocycles. The van der Waals surface area contributed by atoms with E-state index in [4.69, 9.17) is 4.42 Å². The number of nitrogens with zero attached hydrogens (tertiary/aromatic N) is 5. The molecule has 0 spiro atoms. The zero-order valence-electron chi connectivity index (χ0n) is 19.3. The van der Waals surface area contributed by atoms with Crippen LogP contribution in [0.5, 0.6) is 0 Å². The quantitative estimate of drug-likeness (QED) is 0.539. The number of furan rings is 1. The Morgan fingerprint density at radius 3 is 2.65 bits per heavy atom. The van der Waals surface area contributed by atoms with Gasteiger partial charge in [0.05, 0.1) is 18.7 Å². The molecule has 9 nitrogen and oxygen atoms in total. The molecule has 9 heteroatoms. The highest BCUT2D eigenvalue weighted by Crippen LogP contribution is 2.24. The van der Waals surface area contributed by atoms with E-state index in [-0.39, 0.29) is 24.2 Å². The minimum Gasteiger partial charge on any atom is -0.461 e. The summed E-state index contributed by atoms with van der Waals surface area (Å²) in [5.41, 5.74) is 1.38. The molecule has 1 aromatic carbocycles. The second-order valence-corrected chi connectivity index (χ2v) is 8.80. The number of nitriles is 2. The topological polar surface area (TPSA) is 126 Å². The number of likely N-dealkylation sites (tertiary alicyclic amines) is 2. The number of aliphatic imine (C=N–C) groups is 1. The van der Waals surface area contributed by atoms with E-state index in [9.17, 15) is 20.1 Å². The minimum atomic E-state index is -1.16. The first-order valence-corrected chi connectivity index (χ1v) is 11.7. The summed E-state index contributed by atoms with van der Waals surface area (Å²) in [6.07, 6.45) is 4.04. The van der Waals surface area contributed by atoms with Crippen molar-refractivity contribution in [3.63, 3.8) is 0 Å². The van der Waals surface area contributed by atoms with Gasteiger partial charge in [0.25, 0.3) is 0 Å². The first-order valence-electron chi connectivity index (χ1n) is 11.7. The Kier molecular flexibility index (Phi) is 7.12. The van der Waals surface area contributed by atoms with Crippen molar-refractivity contribution >= 4 is 34.3 Å². The third kappa shape index (κ3) is 5.20. The van der Waals surface area contributed by atoms with Crippen LogP contribution in [0.4, 0.5) is 5.69 Å². The summed E-state index contributed by atoms with van der Waals surface area (Å²) in [7, 11) is 0. The van der Waals surface area contributed by atoms with Crippen LogP contribution in [0, 0.1) is 35.5 Å². The van der Waals surface area contributed by atoms with Gasteiger partial charge in [-0.2, -0.15) is 10.5 Å². The molecule has 2 amide bonds. The van der Waals surface area contributed by atoms with Gasteiger partial charge in [0.2, 0.25) is 11.8 Å². The molecule has 3 heterocycles. The summed E-state index contributed by atoms with van der Waals surface area (Å²) < 4.78 is 5.60. The van der Waals surface area contributed by atoms with Crippen LogP contribution in [0.2, 0.25) is 0 Å². The van der Waals surface area contributed by atoms with Crippen LogP contribution in [-0.2, 0) is 9.59 Å². The number of hydrogen-bond acceptors (Lipinski definition) is 6. The number of aryl methyl sites for hydroxylation is 1. The molecule has 0 radical (unpaired) electrons. The van der Waals surface area contributed by atoms with E-state index in [1.165, 1.54) is 0 Å². The van der Waals surface area contributed by atoms with E-state index in [0.717, 1.165) is 55.5 Å². The predicted octanol–water partition coefficient (Wildman–Crippen LogP) is 3.22. The van der Waals surface area contributed by atoms with Gasteiger partial charge in [0.1, 0.15) is 23.2 Å². The van der Waals surface area contributed by atoms with Crippen LogP contribution in [0.25, 0.3) is 11.0 Å². The maximum atomic E-state index is 13.3. The fourth-order valence-corrected chi connectivity index (χ4v) is 4.49. The number of fused-ring (bicyclic) bond motifs is 1. The number of amidine groups is 1. The molecule has 0 aliphatic carbocycles. The first-order chi connectivity index (χ1) is 16.5. The number of rotatable bonds is 5. The van der Waals surface area contributed by atoms with E-state index in [2.05, 4.69) is 10.3 Å². The van der Waals surface area contributed by atoms with Gasteiger partial charge in [-0.25, -0.2) is 0 Å². The average molecular weight is 461 g/mol. The Morgan fingerprint density at radius 2 is 1.91 bits per heavy atom. The molecule has 2 aromatic rings. The molecule has 2 fully saturated rings. The highest BCUT2D eigenvalue weighted by molar-refractivity contribution is 6.03. The fraction of sp³-hybridized carbons (Fsp3) is 0.480. The third-order valence-corrected chi connectivity index (χ3v) is 6.28. The number of hydrogen-bond donors (Lipinski definition) is 1. The maximum Gasteiger partial charge on any atom is 0.247 e. The lowest BCUT2D eigenvalue weighted by atomic mass is 10.1. The predicted molar refractivity (Wildman–Crippen MR) is 127 cm³/mol. The van der Waals surface area contributed by atoms with E-state index < -0.39 is 12.0 Å². The second kappa shape index (κ2) is 10.4. The van der Waals surface area contributed by atoms with Gasteiger partial charge in [0.15, 0.2) is 5.92 Å². The molecular weight excluding hydrogens is 432 g/mol. The summed E-state index contributed by atoms with van der Waals surface area (Å²) in [5, 5.41) is 23.0. The summed E-state index contributed by atoms with van der Waals surface area (Å²) in [6.45, 7) is 3.89. The van der Waals surface area contributed by atoms with Crippen molar-refractivity contribution in [2.24, 2.45) is 10.9 Å². The summed E-state index contributed by atoms with van der Waals surface area (Å²) in [6, 6.07) is 10.5. The highest BCUT2D eigenvalue weighted by Gasteiger charge is 2.31. The van der Waals surface area contributed by atoms with Gasteiger partial charge in [-0.15, -0.1) is 0 Å². The zero-order valence-corrected chi connectivity index (χ0v) is 19.3. The largest absolute Gasteiger partial charge is 0.461 e. The monoisotopic (exact) mass is 460 g/mol. The normalized spacial score (nSPS) is 19.2. The number of anilines is 1. The van der Waals surface area contributed by atoms with Crippen LogP contribution >= 0.6 is 0 Å². The molecule has 34 heavy (non-hydrogen) atoms. The molecule has 0 unspecified atom stereocenters. The molecule has 176 valence electrons. The van der Waals surface area contributed by atoms with Crippen LogP contribution < -0.4 is 5.32 Å². The van der Waals surface area contributed by atoms with Crippen LogP contribution in [0.3, 0.4) is 0 Å². The van der Waals surface area contributed by atoms with Crippen molar-refractivity contribution in [1.82, 2.24) is 9.80 Å². The molecular formula is C25H28N6O3. The van der Waals surface area contributed by atoms with Crippen molar-refractivity contribution < 1.29 is 14.0 Å². The number of carbonyl (C=O) groups is 2. The molecule has 1 atom stereocenters. The summed E-state index contributed by atoms with van der Waals surface area (Å²) >= 11 is 0. The molecule has 0 bridgehead atoms. The van der Waals surface area contributed by atoms with Crippen LogP contribution in [0.1, 0.15) is 37.9 Å². The van der Waals surface area contributed by atoms with E-state index >= 15 is 0 Å². The molecule has 1 N–H and O–H groups in total. The molecule has 4 rings (SSSR count). The fourth-order valence-electron chi connectivity index (χ4n) is 4.49. The minimum absolute atomic E-state index is 0.0375. The third-order valence-electron chi connectivity index (χ3n) is 6.28. The van der Waals surface area contributed by atoms with Gasteiger partial charge >= 0.3 is 0 Å².